The zero-order valence-electron chi connectivity index (χ0n) is 11.2. The van der Waals surface area contributed by atoms with Crippen molar-refractivity contribution < 1.29 is 14.6 Å². The highest BCUT2D eigenvalue weighted by atomic mass is 16.5. The van der Waals surface area contributed by atoms with Gasteiger partial charge >= 0.3 is 5.97 Å². The quantitative estimate of drug-likeness (QED) is 0.714. The Morgan fingerprint density at radius 3 is 2.38 bits per heavy atom. The highest BCUT2D eigenvalue weighted by Crippen LogP contribution is 2.26. The molecule has 0 aliphatic carbocycles. The van der Waals surface area contributed by atoms with E-state index in [1.165, 1.54) is 0 Å². The van der Waals surface area contributed by atoms with Gasteiger partial charge in [-0.25, -0.2) is 0 Å². The van der Waals surface area contributed by atoms with E-state index in [4.69, 9.17) is 4.74 Å². The lowest BCUT2D eigenvalue weighted by atomic mass is 9.83. The Labute approximate surface area is 99.2 Å². The van der Waals surface area contributed by atoms with Crippen molar-refractivity contribution in [1.29, 1.82) is 0 Å². The molecule has 0 spiro atoms. The number of hydrogen-bond donors (Lipinski definition) is 1. The Bertz CT molecular complexity index is 206. The van der Waals surface area contributed by atoms with E-state index in [-0.39, 0.29) is 17.5 Å². The fraction of sp³-hybridized carbons (Fsp3) is 0.923. The molecule has 96 valence electrons. The number of ether oxygens (including phenoxy) is 1. The SMILES string of the molecule is CCOC(=O)CC[C@@H](C)C[C@H](O)C(C)(C)C. The summed E-state index contributed by atoms with van der Waals surface area (Å²) >= 11 is 0. The molecule has 0 aromatic rings. The molecule has 2 atom stereocenters. The van der Waals surface area contributed by atoms with Crippen molar-refractivity contribution in [2.24, 2.45) is 11.3 Å². The molecule has 3 nitrogen and oxygen atoms in total. The lowest BCUT2D eigenvalue weighted by molar-refractivity contribution is -0.143. The highest BCUT2D eigenvalue weighted by molar-refractivity contribution is 5.69. The van der Waals surface area contributed by atoms with Crippen LogP contribution >= 0.6 is 0 Å². The number of esters is 1. The Kier molecular flexibility index (Phi) is 6.65. The molecule has 0 bridgehead atoms. The second kappa shape index (κ2) is 6.89. The number of hydrogen-bond acceptors (Lipinski definition) is 3. The van der Waals surface area contributed by atoms with Crippen molar-refractivity contribution in [2.45, 2.75) is 60.0 Å². The van der Waals surface area contributed by atoms with Crippen molar-refractivity contribution in [2.75, 3.05) is 6.61 Å². The minimum Gasteiger partial charge on any atom is -0.466 e. The van der Waals surface area contributed by atoms with Crippen LogP contribution in [0.25, 0.3) is 0 Å². The average molecular weight is 230 g/mol. The molecule has 0 saturated heterocycles. The fourth-order valence-corrected chi connectivity index (χ4v) is 1.45. The van der Waals surface area contributed by atoms with E-state index in [2.05, 4.69) is 6.92 Å². The monoisotopic (exact) mass is 230 g/mol. The van der Waals surface area contributed by atoms with E-state index in [1.54, 1.807) is 0 Å². The third kappa shape index (κ3) is 6.83. The van der Waals surface area contributed by atoms with Crippen molar-refractivity contribution in [3.05, 3.63) is 0 Å². The Morgan fingerprint density at radius 2 is 1.94 bits per heavy atom. The van der Waals surface area contributed by atoms with Crippen LogP contribution in [0.15, 0.2) is 0 Å². The molecule has 0 aliphatic rings. The molecule has 0 heterocycles. The number of aliphatic hydroxyl groups is 1. The highest BCUT2D eigenvalue weighted by Gasteiger charge is 2.24. The molecule has 0 radical (unpaired) electrons. The Hall–Kier alpha value is -0.570. The summed E-state index contributed by atoms with van der Waals surface area (Å²) < 4.78 is 4.86. The van der Waals surface area contributed by atoms with E-state index < -0.39 is 0 Å². The molecule has 1 N–H and O–H groups in total. The first-order chi connectivity index (χ1) is 7.27. The standard InChI is InChI=1S/C13H26O3/c1-6-16-12(15)8-7-10(2)9-11(14)13(3,4)5/h10-11,14H,6-9H2,1-5H3/t10-,11+/m1/s1. The zero-order valence-corrected chi connectivity index (χ0v) is 11.2. The number of rotatable bonds is 6. The molecular weight excluding hydrogens is 204 g/mol. The third-order valence-electron chi connectivity index (χ3n) is 2.77. The van der Waals surface area contributed by atoms with Gasteiger partial charge < -0.3 is 9.84 Å². The van der Waals surface area contributed by atoms with Gasteiger partial charge in [-0.3, -0.25) is 4.79 Å². The zero-order chi connectivity index (χ0) is 12.8. The summed E-state index contributed by atoms with van der Waals surface area (Å²) in [6.07, 6.45) is 1.66. The van der Waals surface area contributed by atoms with Crippen LogP contribution in [0.3, 0.4) is 0 Å². The van der Waals surface area contributed by atoms with Crippen molar-refractivity contribution in [1.82, 2.24) is 0 Å². The fourth-order valence-electron chi connectivity index (χ4n) is 1.45. The molecule has 0 amide bonds. The van der Waals surface area contributed by atoms with Crippen molar-refractivity contribution in [3.8, 4) is 0 Å². The van der Waals surface area contributed by atoms with E-state index in [0.717, 1.165) is 12.8 Å². The first-order valence-corrected chi connectivity index (χ1v) is 6.11. The van der Waals surface area contributed by atoms with Gasteiger partial charge in [-0.05, 0) is 31.1 Å². The van der Waals surface area contributed by atoms with Gasteiger partial charge in [0.1, 0.15) is 0 Å². The Balaban J connectivity index is 3.82. The molecule has 3 heteroatoms. The van der Waals surface area contributed by atoms with Gasteiger partial charge in [0.05, 0.1) is 12.7 Å². The molecule has 0 fully saturated rings. The van der Waals surface area contributed by atoms with E-state index in [0.29, 0.717) is 18.9 Å². The van der Waals surface area contributed by atoms with Crippen LogP contribution in [-0.2, 0) is 9.53 Å². The summed E-state index contributed by atoms with van der Waals surface area (Å²) in [5.74, 6) is 0.207. The molecule has 0 aliphatic heterocycles. The first kappa shape index (κ1) is 15.4. The van der Waals surface area contributed by atoms with Gasteiger partial charge in [0.15, 0.2) is 0 Å². The lowest BCUT2D eigenvalue weighted by Crippen LogP contribution is -2.28. The van der Waals surface area contributed by atoms with Gasteiger partial charge in [-0.1, -0.05) is 27.7 Å². The molecule has 0 aromatic carbocycles. The summed E-state index contributed by atoms with van der Waals surface area (Å²) in [4.78, 5) is 11.1. The molecule has 0 saturated carbocycles. The van der Waals surface area contributed by atoms with E-state index >= 15 is 0 Å². The molecule has 16 heavy (non-hydrogen) atoms. The maximum absolute atomic E-state index is 11.1. The number of carbonyl (C=O) groups excluding carboxylic acids is 1. The van der Waals surface area contributed by atoms with Crippen LogP contribution in [0.5, 0.6) is 0 Å². The van der Waals surface area contributed by atoms with Crippen molar-refractivity contribution in [3.63, 3.8) is 0 Å². The maximum Gasteiger partial charge on any atom is 0.305 e. The second-order valence-electron chi connectivity index (χ2n) is 5.57. The topological polar surface area (TPSA) is 46.5 Å². The van der Waals surface area contributed by atoms with Gasteiger partial charge in [-0.15, -0.1) is 0 Å². The number of aliphatic hydroxyl groups excluding tert-OH is 1. The second-order valence-corrected chi connectivity index (χ2v) is 5.57. The van der Waals surface area contributed by atoms with Crippen molar-refractivity contribution >= 4 is 5.97 Å². The van der Waals surface area contributed by atoms with Crippen LogP contribution in [0, 0.1) is 11.3 Å². The Morgan fingerprint density at radius 1 is 1.38 bits per heavy atom. The average Bonchev–Trinajstić information content (AvgIpc) is 2.13. The summed E-state index contributed by atoms with van der Waals surface area (Å²) in [6, 6.07) is 0. The van der Waals surface area contributed by atoms with Crippen LogP contribution in [0.1, 0.15) is 53.9 Å². The summed E-state index contributed by atoms with van der Waals surface area (Å²) in [6.45, 7) is 10.4. The van der Waals surface area contributed by atoms with Crippen LogP contribution in [0.2, 0.25) is 0 Å². The third-order valence-corrected chi connectivity index (χ3v) is 2.77. The predicted molar refractivity (Wildman–Crippen MR) is 65.1 cm³/mol. The van der Waals surface area contributed by atoms with Crippen LogP contribution < -0.4 is 0 Å². The van der Waals surface area contributed by atoms with E-state index in [1.807, 2.05) is 27.7 Å². The molecular formula is C13H26O3. The van der Waals surface area contributed by atoms with Gasteiger partial charge in [0, 0.05) is 6.42 Å². The molecule has 0 rings (SSSR count). The minimum absolute atomic E-state index is 0.0851. The summed E-state index contributed by atoms with van der Waals surface area (Å²) in [5.41, 5.74) is -0.0851. The summed E-state index contributed by atoms with van der Waals surface area (Å²) in [5, 5.41) is 9.91. The van der Waals surface area contributed by atoms with E-state index in [9.17, 15) is 9.90 Å². The minimum atomic E-state index is -0.315. The molecule has 0 aromatic heterocycles. The first-order valence-electron chi connectivity index (χ1n) is 6.11. The maximum atomic E-state index is 11.1. The van der Waals surface area contributed by atoms with Crippen LogP contribution in [0.4, 0.5) is 0 Å². The predicted octanol–water partition coefficient (Wildman–Crippen LogP) is 2.76. The van der Waals surface area contributed by atoms with Crippen LogP contribution in [-0.4, -0.2) is 23.8 Å². The summed E-state index contributed by atoms with van der Waals surface area (Å²) in [7, 11) is 0. The smallest absolute Gasteiger partial charge is 0.305 e. The molecule has 0 unspecified atom stereocenters. The largest absolute Gasteiger partial charge is 0.466 e. The van der Waals surface area contributed by atoms with Gasteiger partial charge in [-0.2, -0.15) is 0 Å². The van der Waals surface area contributed by atoms with Gasteiger partial charge in [0.2, 0.25) is 0 Å². The lowest BCUT2D eigenvalue weighted by Gasteiger charge is -2.28. The normalized spacial score (nSPS) is 15.6. The van der Waals surface area contributed by atoms with Gasteiger partial charge in [0.25, 0.3) is 0 Å². The number of carbonyl (C=O) groups is 1.